The number of methoxy groups -OCH3 is 1. The molecular weight excluding hydrogens is 507 g/mol. The van der Waals surface area contributed by atoms with Gasteiger partial charge in [0.1, 0.15) is 11.6 Å². The Morgan fingerprint density at radius 2 is 1.56 bits per heavy atom. The van der Waals surface area contributed by atoms with Crippen LogP contribution in [0.5, 0.6) is 17.2 Å². The van der Waals surface area contributed by atoms with Gasteiger partial charge in [0, 0.05) is 11.4 Å². The van der Waals surface area contributed by atoms with Crippen LogP contribution < -0.4 is 30.3 Å². The van der Waals surface area contributed by atoms with Gasteiger partial charge in [0.15, 0.2) is 18.1 Å². The fraction of sp³-hybridized carbons (Fsp3) is 0.214. The molecule has 0 aliphatic heterocycles. The largest absolute Gasteiger partial charge is 0.494 e. The number of amides is 3. The molecule has 0 unspecified atom stereocenters. The van der Waals surface area contributed by atoms with Gasteiger partial charge in [-0.15, -0.1) is 0 Å². The molecule has 3 aromatic rings. The number of ether oxygens (including phenoxy) is 3. The normalized spacial score (nSPS) is 10.5. The lowest BCUT2D eigenvalue weighted by molar-refractivity contribution is -0.136. The molecule has 3 aromatic carbocycles. The molecule has 10 nitrogen and oxygen atoms in total. The first-order valence-corrected chi connectivity index (χ1v) is 12.1. The van der Waals surface area contributed by atoms with Gasteiger partial charge in [0.05, 0.1) is 19.9 Å². The number of nitrogens with one attached hydrogen (secondary N) is 3. The minimum atomic E-state index is -0.950. The van der Waals surface area contributed by atoms with E-state index in [2.05, 4.69) is 28.1 Å². The Bertz CT molecular complexity index is 1300. The number of hydrazone groups is 1. The van der Waals surface area contributed by atoms with E-state index in [0.717, 1.165) is 12.8 Å². The van der Waals surface area contributed by atoms with Crippen molar-refractivity contribution in [2.75, 3.05) is 31.0 Å². The Balaban J connectivity index is 1.47. The molecular formula is C28H29FN4O6. The highest BCUT2D eigenvalue weighted by Gasteiger charge is 2.13. The second-order valence-electron chi connectivity index (χ2n) is 8.13. The molecule has 0 heterocycles. The van der Waals surface area contributed by atoms with Crippen LogP contribution >= 0.6 is 0 Å². The Kier molecular flexibility index (Phi) is 10.8. The van der Waals surface area contributed by atoms with Crippen LogP contribution in [0, 0.1) is 5.82 Å². The zero-order valence-corrected chi connectivity index (χ0v) is 21.5. The van der Waals surface area contributed by atoms with Gasteiger partial charge >= 0.3 is 11.8 Å². The van der Waals surface area contributed by atoms with E-state index in [1.165, 1.54) is 37.6 Å². The zero-order chi connectivity index (χ0) is 28.0. The molecule has 0 fully saturated rings. The van der Waals surface area contributed by atoms with Crippen LogP contribution in [0.4, 0.5) is 15.8 Å². The van der Waals surface area contributed by atoms with Crippen molar-refractivity contribution in [3.05, 3.63) is 78.1 Å². The number of benzene rings is 3. The number of carbonyl (C=O) groups is 3. The van der Waals surface area contributed by atoms with Crippen LogP contribution in [0.1, 0.15) is 25.3 Å². The van der Waals surface area contributed by atoms with Crippen LogP contribution in [0.2, 0.25) is 0 Å². The summed E-state index contributed by atoms with van der Waals surface area (Å²) in [6.07, 6.45) is 3.30. The SMILES string of the molecule is CCCCOc1ccc(NC(=O)C(=O)N/N=C\c2ccc(OCC(=O)Nc3ccc(F)cc3)c(OC)c2)cc1. The lowest BCUT2D eigenvalue weighted by Gasteiger charge is -2.11. The molecule has 204 valence electrons. The number of carbonyl (C=O) groups excluding carboxylic acids is 3. The number of halogens is 1. The number of unbranched alkanes of at least 4 members (excludes halogenated alkanes) is 1. The van der Waals surface area contributed by atoms with E-state index in [4.69, 9.17) is 14.2 Å². The molecule has 3 amide bonds. The molecule has 39 heavy (non-hydrogen) atoms. The van der Waals surface area contributed by atoms with Crippen molar-refractivity contribution in [3.63, 3.8) is 0 Å². The second kappa shape index (κ2) is 14.7. The summed E-state index contributed by atoms with van der Waals surface area (Å²) < 4.78 is 29.4. The van der Waals surface area contributed by atoms with Crippen LogP contribution in [0.25, 0.3) is 0 Å². The predicted molar refractivity (Wildman–Crippen MR) is 145 cm³/mol. The lowest BCUT2D eigenvalue weighted by Crippen LogP contribution is -2.32. The Morgan fingerprint density at radius 3 is 2.26 bits per heavy atom. The third-order valence-electron chi connectivity index (χ3n) is 5.14. The van der Waals surface area contributed by atoms with Crippen molar-refractivity contribution < 1.29 is 33.0 Å². The highest BCUT2D eigenvalue weighted by molar-refractivity contribution is 6.39. The van der Waals surface area contributed by atoms with Crippen LogP contribution in [0.3, 0.4) is 0 Å². The topological polar surface area (TPSA) is 127 Å². The van der Waals surface area contributed by atoms with Gasteiger partial charge < -0.3 is 24.8 Å². The number of anilines is 2. The molecule has 0 spiro atoms. The maximum absolute atomic E-state index is 13.0. The number of hydrogen-bond donors (Lipinski definition) is 3. The molecule has 11 heteroatoms. The average molecular weight is 537 g/mol. The van der Waals surface area contributed by atoms with E-state index < -0.39 is 23.5 Å². The van der Waals surface area contributed by atoms with Gasteiger partial charge in [-0.2, -0.15) is 5.10 Å². The Morgan fingerprint density at radius 1 is 0.872 bits per heavy atom. The third-order valence-corrected chi connectivity index (χ3v) is 5.14. The quantitative estimate of drug-likeness (QED) is 0.138. The van der Waals surface area contributed by atoms with Crippen molar-refractivity contribution in [1.29, 1.82) is 0 Å². The highest BCUT2D eigenvalue weighted by Crippen LogP contribution is 2.27. The van der Waals surface area contributed by atoms with E-state index in [0.29, 0.717) is 40.8 Å². The zero-order valence-electron chi connectivity index (χ0n) is 21.5. The summed E-state index contributed by atoms with van der Waals surface area (Å²) in [5.74, 6) is -1.38. The maximum atomic E-state index is 13.0. The first-order chi connectivity index (χ1) is 18.9. The van der Waals surface area contributed by atoms with Gasteiger partial charge in [-0.25, -0.2) is 9.82 Å². The van der Waals surface area contributed by atoms with Gasteiger partial charge in [-0.05, 0) is 78.7 Å². The molecule has 0 saturated carbocycles. The molecule has 3 rings (SSSR count). The minimum absolute atomic E-state index is 0.300. The standard InChI is InChI=1S/C28H29FN4O6/c1-3-4-15-38-23-12-10-22(11-13-23)32-27(35)28(36)33-30-17-19-5-14-24(25(16-19)37-2)39-18-26(34)31-21-8-6-20(29)7-9-21/h5-14,16-17H,3-4,15,18H2,1-2H3,(H,31,34)(H,32,35)(H,33,36)/b30-17-. The van der Waals surface area contributed by atoms with Crippen molar-refractivity contribution in [1.82, 2.24) is 5.43 Å². The second-order valence-corrected chi connectivity index (χ2v) is 8.13. The number of hydrogen-bond acceptors (Lipinski definition) is 7. The number of nitrogens with zero attached hydrogens (tertiary/aromatic N) is 1. The summed E-state index contributed by atoms with van der Waals surface area (Å²) in [6.45, 7) is 2.38. The molecule has 0 bridgehead atoms. The fourth-order valence-corrected chi connectivity index (χ4v) is 3.13. The van der Waals surface area contributed by atoms with E-state index in [1.54, 1.807) is 42.5 Å². The molecule has 0 radical (unpaired) electrons. The van der Waals surface area contributed by atoms with Gasteiger partial charge in [0.2, 0.25) is 0 Å². The van der Waals surface area contributed by atoms with Gasteiger partial charge in [0.25, 0.3) is 5.91 Å². The monoisotopic (exact) mass is 536 g/mol. The van der Waals surface area contributed by atoms with Crippen molar-refractivity contribution >= 4 is 35.3 Å². The fourth-order valence-electron chi connectivity index (χ4n) is 3.13. The van der Waals surface area contributed by atoms with Crippen molar-refractivity contribution in [3.8, 4) is 17.2 Å². The highest BCUT2D eigenvalue weighted by atomic mass is 19.1. The lowest BCUT2D eigenvalue weighted by atomic mass is 10.2. The van der Waals surface area contributed by atoms with E-state index in [-0.39, 0.29) is 6.61 Å². The van der Waals surface area contributed by atoms with E-state index in [9.17, 15) is 18.8 Å². The van der Waals surface area contributed by atoms with Crippen LogP contribution in [-0.4, -0.2) is 44.3 Å². The first kappa shape index (κ1) is 28.6. The number of rotatable bonds is 12. The summed E-state index contributed by atoms with van der Waals surface area (Å²) >= 11 is 0. The van der Waals surface area contributed by atoms with Gasteiger partial charge in [-0.3, -0.25) is 14.4 Å². The molecule has 0 atom stereocenters. The molecule has 0 aromatic heterocycles. The van der Waals surface area contributed by atoms with Crippen LogP contribution in [-0.2, 0) is 14.4 Å². The third kappa shape index (κ3) is 9.47. The Hall–Kier alpha value is -4.93. The summed E-state index contributed by atoms with van der Waals surface area (Å²) in [4.78, 5) is 36.3. The summed E-state index contributed by atoms with van der Waals surface area (Å²) in [5.41, 5.74) is 3.57. The summed E-state index contributed by atoms with van der Waals surface area (Å²) in [6, 6.07) is 16.8. The average Bonchev–Trinajstić information content (AvgIpc) is 2.94. The summed E-state index contributed by atoms with van der Waals surface area (Å²) in [7, 11) is 1.43. The first-order valence-electron chi connectivity index (χ1n) is 12.1. The molecule has 0 aliphatic carbocycles. The van der Waals surface area contributed by atoms with E-state index in [1.807, 2.05) is 0 Å². The Labute approximate surface area is 225 Å². The molecule has 0 saturated heterocycles. The molecule has 3 N–H and O–H groups in total. The van der Waals surface area contributed by atoms with E-state index >= 15 is 0 Å². The minimum Gasteiger partial charge on any atom is -0.494 e. The van der Waals surface area contributed by atoms with Crippen molar-refractivity contribution in [2.24, 2.45) is 5.10 Å². The predicted octanol–water partition coefficient (Wildman–Crippen LogP) is 4.12. The van der Waals surface area contributed by atoms with Crippen LogP contribution in [0.15, 0.2) is 71.8 Å². The summed E-state index contributed by atoms with van der Waals surface area (Å²) in [5, 5.41) is 8.88. The van der Waals surface area contributed by atoms with Crippen molar-refractivity contribution in [2.45, 2.75) is 19.8 Å². The van der Waals surface area contributed by atoms with Gasteiger partial charge in [-0.1, -0.05) is 13.3 Å². The molecule has 0 aliphatic rings. The smallest absolute Gasteiger partial charge is 0.329 e. The maximum Gasteiger partial charge on any atom is 0.329 e.